The van der Waals surface area contributed by atoms with E-state index in [9.17, 15) is 24.3 Å². The molecule has 0 saturated heterocycles. The zero-order chi connectivity index (χ0) is 26.2. The van der Waals surface area contributed by atoms with Crippen LogP contribution in [0.2, 0.25) is 0 Å². The first-order chi connectivity index (χ1) is 16.8. The molecular weight excluding hydrogens is 462 g/mol. The highest BCUT2D eigenvalue weighted by Gasteiger charge is 2.71. The van der Waals surface area contributed by atoms with Gasteiger partial charge in [-0.15, -0.1) is 0 Å². The number of rotatable bonds is 3. The van der Waals surface area contributed by atoms with Crippen LogP contribution in [0.5, 0.6) is 0 Å². The Morgan fingerprint density at radius 3 is 2.31 bits per heavy atom. The zero-order valence-corrected chi connectivity index (χ0v) is 22.0. The summed E-state index contributed by atoms with van der Waals surface area (Å²) in [7, 11) is 1.46. The normalized spacial score (nSPS) is 45.9. The summed E-state index contributed by atoms with van der Waals surface area (Å²) in [6.07, 6.45) is 6.98. The van der Waals surface area contributed by atoms with E-state index in [1.54, 1.807) is 0 Å². The molecule has 198 valence electrons. The number of likely N-dealkylation sites (N-methyl/N-ethyl adjacent to an activating group) is 1. The van der Waals surface area contributed by atoms with E-state index in [4.69, 9.17) is 9.47 Å². The molecule has 0 aromatic rings. The number of imide groups is 1. The fourth-order valence-electron chi connectivity index (χ4n) is 9.22. The lowest BCUT2D eigenvalue weighted by Gasteiger charge is -2.63. The van der Waals surface area contributed by atoms with Gasteiger partial charge in [0.05, 0.1) is 5.60 Å². The largest absolute Gasteiger partial charge is 0.463 e. The number of esters is 2. The van der Waals surface area contributed by atoms with Crippen LogP contribution in [0.25, 0.3) is 0 Å². The number of hydrogen-bond donors (Lipinski definition) is 1. The molecule has 8 heteroatoms. The molecule has 9 atom stereocenters. The van der Waals surface area contributed by atoms with Gasteiger partial charge in [-0.1, -0.05) is 13.8 Å². The highest BCUT2D eigenvalue weighted by atomic mass is 16.5. The van der Waals surface area contributed by atoms with Crippen molar-refractivity contribution in [2.45, 2.75) is 96.9 Å². The first kappa shape index (κ1) is 25.4. The number of hydrogen-bond acceptors (Lipinski definition) is 7. The van der Waals surface area contributed by atoms with Gasteiger partial charge in [0.15, 0.2) is 0 Å². The standard InChI is InChI=1S/C28H39NO7/c1-15(30)35-18-8-10-26(3)17(12-18)6-7-21-20(26)9-11-27(4)24(19-13-23(32)29(5)25(19)33)22(36-16(2)31)14-28(21,27)34/h13,17-18,20-22,24,34H,6-12,14H2,1-5H3/t17-,18+,20?,21?,22+,24+,26+,27-,28+/m1/s1. The van der Waals surface area contributed by atoms with E-state index >= 15 is 0 Å². The van der Waals surface area contributed by atoms with Crippen LogP contribution in [0.3, 0.4) is 0 Å². The molecule has 0 spiro atoms. The van der Waals surface area contributed by atoms with Crippen molar-refractivity contribution in [3.63, 3.8) is 0 Å². The Hall–Kier alpha value is -2.22. The molecule has 4 saturated carbocycles. The first-order valence-corrected chi connectivity index (χ1v) is 13.4. The molecule has 0 aromatic carbocycles. The van der Waals surface area contributed by atoms with Gasteiger partial charge in [-0.3, -0.25) is 24.1 Å². The molecule has 0 bridgehead atoms. The third-order valence-electron chi connectivity index (χ3n) is 10.9. The highest BCUT2D eigenvalue weighted by Crippen LogP contribution is 2.70. The van der Waals surface area contributed by atoms with E-state index in [0.29, 0.717) is 23.8 Å². The summed E-state index contributed by atoms with van der Waals surface area (Å²) >= 11 is 0. The molecule has 0 aromatic heterocycles. The number of carbonyl (C=O) groups excluding carboxylic acids is 4. The second kappa shape index (κ2) is 8.40. The first-order valence-electron chi connectivity index (χ1n) is 13.4. The van der Waals surface area contributed by atoms with Crippen LogP contribution in [-0.4, -0.2) is 58.6 Å². The molecule has 1 heterocycles. The summed E-state index contributed by atoms with van der Waals surface area (Å²) in [6.45, 7) is 7.19. The van der Waals surface area contributed by atoms with Crippen LogP contribution in [-0.2, 0) is 28.7 Å². The topological polar surface area (TPSA) is 110 Å². The minimum Gasteiger partial charge on any atom is -0.463 e. The van der Waals surface area contributed by atoms with Crippen molar-refractivity contribution in [3.8, 4) is 0 Å². The van der Waals surface area contributed by atoms with Crippen LogP contribution in [0, 0.1) is 34.5 Å². The minimum atomic E-state index is -1.12. The summed E-state index contributed by atoms with van der Waals surface area (Å²) in [5.41, 5.74) is -1.43. The second-order valence-corrected chi connectivity index (χ2v) is 12.5. The lowest BCUT2D eigenvalue weighted by atomic mass is 9.43. The number of ether oxygens (including phenoxy) is 2. The van der Waals surface area contributed by atoms with Gasteiger partial charge in [0.1, 0.15) is 12.2 Å². The Morgan fingerprint density at radius 2 is 1.69 bits per heavy atom. The molecule has 4 fully saturated rings. The number of aliphatic hydroxyl groups is 1. The maximum Gasteiger partial charge on any atom is 0.302 e. The lowest BCUT2D eigenvalue weighted by molar-refractivity contribution is -0.209. The van der Waals surface area contributed by atoms with Crippen molar-refractivity contribution in [3.05, 3.63) is 11.6 Å². The third kappa shape index (κ3) is 3.50. The molecule has 5 rings (SSSR count). The summed E-state index contributed by atoms with van der Waals surface area (Å²) in [5, 5.41) is 12.6. The van der Waals surface area contributed by atoms with Crippen molar-refractivity contribution in [2.75, 3.05) is 7.05 Å². The SMILES string of the molecule is CC(=O)O[C@H]1CC[C@]2(C)C3CC[C@]4(C)[C@@H](C5=CC(=O)N(C)C5=O)[C@@H](OC(C)=O)C[C@]4(O)C3CC[C@@H]2C1. The van der Waals surface area contributed by atoms with Gasteiger partial charge in [0, 0.05) is 50.3 Å². The Kier molecular flexibility index (Phi) is 5.93. The van der Waals surface area contributed by atoms with Gasteiger partial charge < -0.3 is 14.6 Å². The van der Waals surface area contributed by atoms with Gasteiger partial charge in [-0.05, 0) is 68.1 Å². The third-order valence-corrected chi connectivity index (χ3v) is 10.9. The quantitative estimate of drug-likeness (QED) is 0.467. The number of amides is 2. The Morgan fingerprint density at radius 1 is 1.00 bits per heavy atom. The van der Waals surface area contributed by atoms with Gasteiger partial charge in [0.2, 0.25) is 0 Å². The minimum absolute atomic E-state index is 0.0105. The summed E-state index contributed by atoms with van der Waals surface area (Å²) in [4.78, 5) is 50.2. The molecule has 0 radical (unpaired) electrons. The number of nitrogens with zero attached hydrogens (tertiary/aromatic N) is 1. The van der Waals surface area contributed by atoms with Crippen molar-refractivity contribution in [1.82, 2.24) is 4.90 Å². The van der Waals surface area contributed by atoms with E-state index in [-0.39, 0.29) is 41.6 Å². The maximum atomic E-state index is 13.1. The van der Waals surface area contributed by atoms with Crippen LogP contribution in [0.1, 0.15) is 79.1 Å². The van der Waals surface area contributed by atoms with E-state index in [0.717, 1.165) is 43.4 Å². The van der Waals surface area contributed by atoms with Crippen LogP contribution < -0.4 is 0 Å². The molecular formula is C28H39NO7. The zero-order valence-electron chi connectivity index (χ0n) is 22.0. The summed E-state index contributed by atoms with van der Waals surface area (Å²) in [6, 6.07) is 0. The molecule has 36 heavy (non-hydrogen) atoms. The maximum absolute atomic E-state index is 13.1. The Labute approximate surface area is 212 Å². The molecule has 4 aliphatic carbocycles. The fraction of sp³-hybridized carbons (Fsp3) is 0.786. The highest BCUT2D eigenvalue weighted by molar-refractivity contribution is 6.16. The molecule has 5 aliphatic rings. The smallest absolute Gasteiger partial charge is 0.302 e. The van der Waals surface area contributed by atoms with Crippen molar-refractivity contribution >= 4 is 23.8 Å². The van der Waals surface area contributed by atoms with Gasteiger partial charge in [-0.2, -0.15) is 0 Å². The van der Waals surface area contributed by atoms with Crippen molar-refractivity contribution in [1.29, 1.82) is 0 Å². The molecule has 1 N–H and O–H groups in total. The van der Waals surface area contributed by atoms with E-state index in [1.165, 1.54) is 27.0 Å². The van der Waals surface area contributed by atoms with E-state index in [2.05, 4.69) is 6.92 Å². The monoisotopic (exact) mass is 501 g/mol. The van der Waals surface area contributed by atoms with Gasteiger partial charge in [-0.25, -0.2) is 0 Å². The number of carbonyl (C=O) groups is 4. The van der Waals surface area contributed by atoms with E-state index in [1.807, 2.05) is 6.92 Å². The summed E-state index contributed by atoms with van der Waals surface area (Å²) < 4.78 is 11.3. The average molecular weight is 502 g/mol. The van der Waals surface area contributed by atoms with Gasteiger partial charge >= 0.3 is 11.9 Å². The predicted octanol–water partition coefficient (Wildman–Crippen LogP) is 3.16. The van der Waals surface area contributed by atoms with Crippen molar-refractivity contribution in [2.24, 2.45) is 34.5 Å². The van der Waals surface area contributed by atoms with Crippen LogP contribution in [0.4, 0.5) is 0 Å². The van der Waals surface area contributed by atoms with Crippen LogP contribution >= 0.6 is 0 Å². The summed E-state index contributed by atoms with van der Waals surface area (Å²) in [5.74, 6) is -1.21. The lowest BCUT2D eigenvalue weighted by Crippen LogP contribution is -2.62. The van der Waals surface area contributed by atoms with E-state index < -0.39 is 29.0 Å². The molecule has 2 amide bonds. The number of fused-ring (bicyclic) bond motifs is 5. The van der Waals surface area contributed by atoms with Crippen LogP contribution in [0.15, 0.2) is 11.6 Å². The predicted molar refractivity (Wildman–Crippen MR) is 129 cm³/mol. The molecule has 2 unspecified atom stereocenters. The average Bonchev–Trinajstić information content (AvgIpc) is 3.16. The Bertz CT molecular complexity index is 1040. The Balaban J connectivity index is 1.48. The molecule has 1 aliphatic heterocycles. The molecule has 8 nitrogen and oxygen atoms in total. The second-order valence-electron chi connectivity index (χ2n) is 12.5. The van der Waals surface area contributed by atoms with Gasteiger partial charge in [0.25, 0.3) is 11.8 Å². The van der Waals surface area contributed by atoms with Crippen molar-refractivity contribution < 1.29 is 33.8 Å². The fourth-order valence-corrected chi connectivity index (χ4v) is 9.22.